The Bertz CT molecular complexity index is 729. The minimum Gasteiger partial charge on any atom is -0.321 e. The monoisotopic (exact) mass is 308 g/mol. The van der Waals surface area contributed by atoms with Gasteiger partial charge in [-0.1, -0.05) is 30.3 Å². The number of carbonyl (C=O) groups excluding carboxylic acids is 2. The summed E-state index contributed by atoms with van der Waals surface area (Å²) in [5.74, 6) is -0.365. The lowest BCUT2D eigenvalue weighted by molar-refractivity contribution is -0.132. The highest BCUT2D eigenvalue weighted by Gasteiger charge is 2.24. The van der Waals surface area contributed by atoms with E-state index in [1.165, 1.54) is 5.01 Å². The molecule has 1 aliphatic rings. The van der Waals surface area contributed by atoms with E-state index in [0.29, 0.717) is 24.4 Å². The third-order valence-electron chi connectivity index (χ3n) is 3.48. The highest BCUT2D eigenvalue weighted by Crippen LogP contribution is 2.14. The average Bonchev–Trinajstić information content (AvgIpc) is 2.58. The van der Waals surface area contributed by atoms with Crippen LogP contribution in [0.25, 0.3) is 0 Å². The summed E-state index contributed by atoms with van der Waals surface area (Å²) in [5, 5.41) is 8.35. The van der Waals surface area contributed by atoms with Crippen LogP contribution in [-0.2, 0) is 16.1 Å². The van der Waals surface area contributed by atoms with Crippen molar-refractivity contribution in [1.29, 1.82) is 0 Å². The molecule has 2 amide bonds. The molecule has 3 rings (SSSR count). The number of nitrogens with one attached hydrogen (secondary N) is 1. The third-order valence-corrected chi connectivity index (χ3v) is 3.48. The fourth-order valence-corrected chi connectivity index (χ4v) is 2.28. The Balaban J connectivity index is 1.73. The van der Waals surface area contributed by atoms with Gasteiger partial charge in [0.05, 0.1) is 6.54 Å². The third kappa shape index (κ3) is 3.79. The summed E-state index contributed by atoms with van der Waals surface area (Å²) >= 11 is 0. The van der Waals surface area contributed by atoms with Gasteiger partial charge in [-0.3, -0.25) is 14.6 Å². The lowest BCUT2D eigenvalue weighted by Crippen LogP contribution is -2.36. The minimum atomic E-state index is -0.290. The number of anilines is 1. The molecule has 0 atom stereocenters. The average molecular weight is 308 g/mol. The summed E-state index contributed by atoms with van der Waals surface area (Å²) in [5.41, 5.74) is 1.98. The zero-order chi connectivity index (χ0) is 16.1. The van der Waals surface area contributed by atoms with Gasteiger partial charge in [-0.15, -0.1) is 0 Å². The molecule has 116 valence electrons. The SMILES string of the molecule is O=C(Nc1ccncc1)C1=NN(Cc2ccccc2)C(=O)CC1. The molecule has 0 aliphatic carbocycles. The van der Waals surface area contributed by atoms with Crippen molar-refractivity contribution in [3.8, 4) is 0 Å². The second-order valence-corrected chi connectivity index (χ2v) is 5.17. The number of hydrazone groups is 1. The predicted molar refractivity (Wildman–Crippen MR) is 86.5 cm³/mol. The Morgan fingerprint density at radius 2 is 1.83 bits per heavy atom. The van der Waals surface area contributed by atoms with Crippen molar-refractivity contribution in [2.24, 2.45) is 5.10 Å². The summed E-state index contributed by atoms with van der Waals surface area (Å²) in [7, 11) is 0. The predicted octanol–water partition coefficient (Wildman–Crippen LogP) is 2.20. The molecule has 2 heterocycles. The smallest absolute Gasteiger partial charge is 0.271 e. The van der Waals surface area contributed by atoms with E-state index in [1.54, 1.807) is 24.5 Å². The Labute approximate surface area is 133 Å². The van der Waals surface area contributed by atoms with E-state index < -0.39 is 0 Å². The van der Waals surface area contributed by atoms with Crippen LogP contribution < -0.4 is 5.32 Å². The fourth-order valence-electron chi connectivity index (χ4n) is 2.28. The van der Waals surface area contributed by atoms with Gasteiger partial charge in [0, 0.05) is 30.9 Å². The van der Waals surface area contributed by atoms with Crippen molar-refractivity contribution in [2.75, 3.05) is 5.32 Å². The van der Waals surface area contributed by atoms with Gasteiger partial charge in [0.1, 0.15) is 5.71 Å². The summed E-state index contributed by atoms with van der Waals surface area (Å²) in [6.45, 7) is 0.367. The van der Waals surface area contributed by atoms with E-state index in [4.69, 9.17) is 0 Å². The van der Waals surface area contributed by atoms with Crippen LogP contribution in [0, 0.1) is 0 Å². The molecule has 1 N–H and O–H groups in total. The maximum absolute atomic E-state index is 12.3. The first-order valence-corrected chi connectivity index (χ1v) is 7.35. The molecular formula is C17H16N4O2. The first-order valence-electron chi connectivity index (χ1n) is 7.35. The maximum atomic E-state index is 12.3. The Kier molecular flexibility index (Phi) is 4.42. The van der Waals surface area contributed by atoms with Gasteiger partial charge in [-0.05, 0) is 17.7 Å². The van der Waals surface area contributed by atoms with Crippen LogP contribution in [0.4, 0.5) is 5.69 Å². The van der Waals surface area contributed by atoms with Crippen LogP contribution in [0.5, 0.6) is 0 Å². The number of amides is 2. The number of nitrogens with zero attached hydrogens (tertiary/aromatic N) is 3. The Hall–Kier alpha value is -3.02. The zero-order valence-electron chi connectivity index (χ0n) is 12.5. The van der Waals surface area contributed by atoms with Crippen molar-refractivity contribution in [2.45, 2.75) is 19.4 Å². The van der Waals surface area contributed by atoms with Gasteiger partial charge >= 0.3 is 0 Å². The second kappa shape index (κ2) is 6.83. The molecule has 0 saturated heterocycles. The van der Waals surface area contributed by atoms with Gasteiger partial charge < -0.3 is 5.32 Å². The molecule has 0 bridgehead atoms. The normalized spacial score (nSPS) is 14.3. The van der Waals surface area contributed by atoms with Gasteiger partial charge in [0.2, 0.25) is 5.91 Å². The number of benzene rings is 1. The Morgan fingerprint density at radius 3 is 2.57 bits per heavy atom. The molecule has 23 heavy (non-hydrogen) atoms. The van der Waals surface area contributed by atoms with Gasteiger partial charge in [-0.25, -0.2) is 5.01 Å². The first kappa shape index (κ1) is 14.9. The molecule has 0 saturated carbocycles. The number of hydrogen-bond donors (Lipinski definition) is 1. The number of hydrogen-bond acceptors (Lipinski definition) is 4. The Morgan fingerprint density at radius 1 is 1.09 bits per heavy atom. The van der Waals surface area contributed by atoms with Gasteiger partial charge in [0.25, 0.3) is 5.91 Å². The highest BCUT2D eigenvalue weighted by molar-refractivity contribution is 6.43. The first-order chi connectivity index (χ1) is 11.2. The van der Waals surface area contributed by atoms with Crippen LogP contribution in [0.15, 0.2) is 60.0 Å². The van der Waals surface area contributed by atoms with Crippen LogP contribution in [-0.4, -0.2) is 27.5 Å². The summed E-state index contributed by atoms with van der Waals surface area (Å²) in [6, 6.07) is 13.0. The molecule has 0 fully saturated rings. The van der Waals surface area contributed by atoms with E-state index in [0.717, 1.165) is 5.56 Å². The lowest BCUT2D eigenvalue weighted by atomic mass is 10.1. The molecule has 1 aliphatic heterocycles. The number of rotatable bonds is 4. The van der Waals surface area contributed by atoms with E-state index in [2.05, 4.69) is 15.4 Å². The van der Waals surface area contributed by atoms with Gasteiger partial charge in [-0.2, -0.15) is 5.10 Å². The molecule has 1 aromatic heterocycles. The summed E-state index contributed by atoms with van der Waals surface area (Å²) in [6.07, 6.45) is 3.84. The number of aromatic nitrogens is 1. The lowest BCUT2D eigenvalue weighted by Gasteiger charge is -2.23. The maximum Gasteiger partial charge on any atom is 0.271 e. The standard InChI is InChI=1S/C17H16N4O2/c22-16-7-6-15(17(23)19-14-8-10-18-11-9-14)20-21(16)12-13-4-2-1-3-5-13/h1-5,8-11H,6-7,12H2,(H,18,19,23). The van der Waals surface area contributed by atoms with Crippen LogP contribution in [0.1, 0.15) is 18.4 Å². The van der Waals surface area contributed by atoms with E-state index in [-0.39, 0.29) is 18.2 Å². The van der Waals surface area contributed by atoms with Crippen molar-refractivity contribution in [1.82, 2.24) is 9.99 Å². The van der Waals surface area contributed by atoms with E-state index in [1.807, 2.05) is 30.3 Å². The summed E-state index contributed by atoms with van der Waals surface area (Å²) < 4.78 is 0. The molecule has 0 radical (unpaired) electrons. The van der Waals surface area contributed by atoms with Crippen LogP contribution in [0.3, 0.4) is 0 Å². The zero-order valence-corrected chi connectivity index (χ0v) is 12.5. The number of pyridine rings is 1. The minimum absolute atomic E-state index is 0.0747. The summed E-state index contributed by atoms with van der Waals surface area (Å²) in [4.78, 5) is 28.2. The second-order valence-electron chi connectivity index (χ2n) is 5.17. The fraction of sp³-hybridized carbons (Fsp3) is 0.176. The van der Waals surface area contributed by atoms with Crippen LogP contribution in [0.2, 0.25) is 0 Å². The van der Waals surface area contributed by atoms with Crippen molar-refractivity contribution >= 4 is 23.2 Å². The van der Waals surface area contributed by atoms with Gasteiger partial charge in [0.15, 0.2) is 0 Å². The number of carbonyl (C=O) groups is 2. The van der Waals surface area contributed by atoms with Crippen molar-refractivity contribution < 1.29 is 9.59 Å². The molecule has 0 spiro atoms. The molecule has 6 heteroatoms. The molecule has 2 aromatic rings. The quantitative estimate of drug-likeness (QED) is 0.941. The largest absolute Gasteiger partial charge is 0.321 e. The van der Waals surface area contributed by atoms with Crippen molar-refractivity contribution in [3.05, 3.63) is 60.4 Å². The molecule has 6 nitrogen and oxygen atoms in total. The highest BCUT2D eigenvalue weighted by atomic mass is 16.2. The molecular weight excluding hydrogens is 292 g/mol. The topological polar surface area (TPSA) is 74.7 Å². The molecule has 1 aromatic carbocycles. The van der Waals surface area contributed by atoms with Crippen LogP contribution >= 0.6 is 0 Å². The van der Waals surface area contributed by atoms with E-state index >= 15 is 0 Å². The molecule has 0 unspecified atom stereocenters. The van der Waals surface area contributed by atoms with E-state index in [9.17, 15) is 9.59 Å². The van der Waals surface area contributed by atoms with Crippen molar-refractivity contribution in [3.63, 3.8) is 0 Å².